The number of aliphatic hydroxyl groups is 1. The van der Waals surface area contributed by atoms with Crippen molar-refractivity contribution >= 4 is 0 Å². The lowest BCUT2D eigenvalue weighted by atomic mass is 9.93. The van der Waals surface area contributed by atoms with Gasteiger partial charge in [0, 0.05) is 11.6 Å². The molecule has 0 bridgehead atoms. The van der Waals surface area contributed by atoms with E-state index in [4.69, 9.17) is 0 Å². The minimum Gasteiger partial charge on any atom is -0.394 e. The number of hydrogen-bond acceptors (Lipinski definition) is 3. The Bertz CT molecular complexity index is 241. The van der Waals surface area contributed by atoms with E-state index in [0.717, 1.165) is 25.4 Å². The molecule has 1 fully saturated rings. The summed E-state index contributed by atoms with van der Waals surface area (Å²) in [5.74, 6) is 0. The zero-order chi connectivity index (χ0) is 14.8. The number of nitrogens with zero attached hydrogens (tertiary/aromatic N) is 1. The summed E-state index contributed by atoms with van der Waals surface area (Å²) in [4.78, 5) is 2.66. The van der Waals surface area contributed by atoms with E-state index in [-0.39, 0.29) is 12.1 Å². The summed E-state index contributed by atoms with van der Waals surface area (Å²) in [5.41, 5.74) is -0.0953. The predicted molar refractivity (Wildman–Crippen MR) is 87.1 cm³/mol. The summed E-state index contributed by atoms with van der Waals surface area (Å²) in [6.07, 6.45) is 10.4. The van der Waals surface area contributed by atoms with Crippen molar-refractivity contribution in [3.63, 3.8) is 0 Å². The van der Waals surface area contributed by atoms with Crippen LogP contribution >= 0.6 is 0 Å². The Morgan fingerprint density at radius 1 is 1.20 bits per heavy atom. The zero-order valence-electron chi connectivity index (χ0n) is 14.0. The van der Waals surface area contributed by atoms with Crippen molar-refractivity contribution in [1.29, 1.82) is 0 Å². The standard InChI is InChI=1S/C17H36N2O/c1-4-13-18-17(3,15-20)12-9-14-19(5-2)16-10-7-6-8-11-16/h16,18,20H,4-15H2,1-3H3. The normalized spacial score (nSPS) is 20.2. The molecule has 1 aliphatic rings. The topological polar surface area (TPSA) is 35.5 Å². The second kappa shape index (κ2) is 9.75. The molecule has 0 saturated heterocycles. The van der Waals surface area contributed by atoms with Gasteiger partial charge in [-0.25, -0.2) is 0 Å². The summed E-state index contributed by atoms with van der Waals surface area (Å²) in [7, 11) is 0. The van der Waals surface area contributed by atoms with Crippen LogP contribution in [0.25, 0.3) is 0 Å². The predicted octanol–water partition coefficient (Wildman–Crippen LogP) is 3.17. The van der Waals surface area contributed by atoms with Gasteiger partial charge in [-0.1, -0.05) is 33.1 Å². The SMILES string of the molecule is CCCNC(C)(CO)CCCN(CC)C1CCCCC1. The maximum Gasteiger partial charge on any atom is 0.0610 e. The Kier molecular flexibility index (Phi) is 8.74. The maximum absolute atomic E-state index is 9.61. The highest BCUT2D eigenvalue weighted by atomic mass is 16.3. The Balaban J connectivity index is 2.31. The number of rotatable bonds is 10. The van der Waals surface area contributed by atoms with Crippen molar-refractivity contribution < 1.29 is 5.11 Å². The third-order valence-electron chi connectivity index (χ3n) is 4.82. The Morgan fingerprint density at radius 3 is 2.45 bits per heavy atom. The second-order valence-corrected chi connectivity index (χ2v) is 6.67. The van der Waals surface area contributed by atoms with Crippen molar-refractivity contribution in [1.82, 2.24) is 10.2 Å². The average Bonchev–Trinajstić information content (AvgIpc) is 2.50. The molecule has 0 spiro atoms. The second-order valence-electron chi connectivity index (χ2n) is 6.67. The Hall–Kier alpha value is -0.120. The number of hydrogen-bond donors (Lipinski definition) is 2. The van der Waals surface area contributed by atoms with E-state index in [1.807, 2.05) is 0 Å². The maximum atomic E-state index is 9.61. The highest BCUT2D eigenvalue weighted by Crippen LogP contribution is 2.23. The molecule has 1 unspecified atom stereocenters. The molecule has 1 atom stereocenters. The van der Waals surface area contributed by atoms with Gasteiger partial charge in [0.25, 0.3) is 0 Å². The molecule has 0 amide bonds. The van der Waals surface area contributed by atoms with Crippen LogP contribution in [-0.4, -0.2) is 47.8 Å². The lowest BCUT2D eigenvalue weighted by Gasteiger charge is -2.35. The van der Waals surface area contributed by atoms with Gasteiger partial charge in [-0.3, -0.25) is 0 Å². The molecule has 20 heavy (non-hydrogen) atoms. The van der Waals surface area contributed by atoms with Crippen molar-refractivity contribution in [3.8, 4) is 0 Å². The first kappa shape index (κ1) is 17.9. The lowest BCUT2D eigenvalue weighted by molar-refractivity contribution is 0.135. The first-order chi connectivity index (χ1) is 9.65. The zero-order valence-corrected chi connectivity index (χ0v) is 14.0. The minimum atomic E-state index is -0.0953. The molecule has 1 rings (SSSR count). The smallest absolute Gasteiger partial charge is 0.0610 e. The third-order valence-corrected chi connectivity index (χ3v) is 4.82. The average molecular weight is 284 g/mol. The summed E-state index contributed by atoms with van der Waals surface area (Å²) in [6, 6.07) is 0.817. The first-order valence-electron chi connectivity index (χ1n) is 8.75. The number of nitrogens with one attached hydrogen (secondary N) is 1. The summed E-state index contributed by atoms with van der Waals surface area (Å²) in [5, 5.41) is 13.1. The van der Waals surface area contributed by atoms with E-state index in [0.29, 0.717) is 0 Å². The Labute approximate surface area is 126 Å². The van der Waals surface area contributed by atoms with Gasteiger partial charge in [0.1, 0.15) is 0 Å². The molecule has 0 aromatic heterocycles. The Morgan fingerprint density at radius 2 is 1.90 bits per heavy atom. The van der Waals surface area contributed by atoms with Gasteiger partial charge in [0.15, 0.2) is 0 Å². The van der Waals surface area contributed by atoms with Gasteiger partial charge in [0.2, 0.25) is 0 Å². The van der Waals surface area contributed by atoms with Gasteiger partial charge in [0.05, 0.1) is 6.61 Å². The fraction of sp³-hybridized carbons (Fsp3) is 1.00. The van der Waals surface area contributed by atoms with Crippen molar-refractivity contribution in [2.24, 2.45) is 0 Å². The van der Waals surface area contributed by atoms with Crippen LogP contribution in [0.3, 0.4) is 0 Å². The molecule has 0 aromatic carbocycles. The molecule has 1 saturated carbocycles. The van der Waals surface area contributed by atoms with E-state index in [2.05, 4.69) is 31.0 Å². The third kappa shape index (κ3) is 6.11. The molecular weight excluding hydrogens is 248 g/mol. The molecule has 1 aliphatic carbocycles. The van der Waals surface area contributed by atoms with Crippen LogP contribution in [0.5, 0.6) is 0 Å². The molecular formula is C17H36N2O. The van der Waals surface area contributed by atoms with E-state index < -0.39 is 0 Å². The fourth-order valence-corrected chi connectivity index (χ4v) is 3.37. The summed E-state index contributed by atoms with van der Waals surface area (Å²) < 4.78 is 0. The van der Waals surface area contributed by atoms with Crippen LogP contribution in [0.2, 0.25) is 0 Å². The van der Waals surface area contributed by atoms with Gasteiger partial charge in [-0.05, 0) is 58.7 Å². The van der Waals surface area contributed by atoms with Crippen LogP contribution in [0, 0.1) is 0 Å². The van der Waals surface area contributed by atoms with Crippen LogP contribution in [0.4, 0.5) is 0 Å². The van der Waals surface area contributed by atoms with Gasteiger partial charge in [-0.2, -0.15) is 0 Å². The van der Waals surface area contributed by atoms with Crippen molar-refractivity contribution in [2.45, 2.75) is 83.7 Å². The molecule has 0 aliphatic heterocycles. The van der Waals surface area contributed by atoms with E-state index in [1.165, 1.54) is 51.6 Å². The summed E-state index contributed by atoms with van der Waals surface area (Å²) >= 11 is 0. The fourth-order valence-electron chi connectivity index (χ4n) is 3.37. The lowest BCUT2D eigenvalue weighted by Crippen LogP contribution is -2.47. The molecule has 0 radical (unpaired) electrons. The van der Waals surface area contributed by atoms with Crippen molar-refractivity contribution in [3.05, 3.63) is 0 Å². The van der Waals surface area contributed by atoms with E-state index in [9.17, 15) is 5.11 Å². The van der Waals surface area contributed by atoms with E-state index >= 15 is 0 Å². The monoisotopic (exact) mass is 284 g/mol. The largest absolute Gasteiger partial charge is 0.394 e. The molecule has 3 heteroatoms. The minimum absolute atomic E-state index is 0.0953. The number of aliphatic hydroxyl groups excluding tert-OH is 1. The molecule has 120 valence electrons. The molecule has 0 heterocycles. The van der Waals surface area contributed by atoms with Gasteiger partial charge < -0.3 is 15.3 Å². The molecule has 0 aromatic rings. The van der Waals surface area contributed by atoms with Crippen LogP contribution in [0.1, 0.15) is 72.1 Å². The van der Waals surface area contributed by atoms with Crippen LogP contribution < -0.4 is 5.32 Å². The van der Waals surface area contributed by atoms with Gasteiger partial charge >= 0.3 is 0 Å². The highest BCUT2D eigenvalue weighted by Gasteiger charge is 2.24. The van der Waals surface area contributed by atoms with Gasteiger partial charge in [-0.15, -0.1) is 0 Å². The van der Waals surface area contributed by atoms with Crippen LogP contribution in [0.15, 0.2) is 0 Å². The summed E-state index contributed by atoms with van der Waals surface area (Å²) in [6.45, 7) is 10.2. The molecule has 3 nitrogen and oxygen atoms in total. The first-order valence-corrected chi connectivity index (χ1v) is 8.75. The highest BCUT2D eigenvalue weighted by molar-refractivity contribution is 4.83. The van der Waals surface area contributed by atoms with E-state index in [1.54, 1.807) is 0 Å². The molecule has 2 N–H and O–H groups in total. The van der Waals surface area contributed by atoms with Crippen LogP contribution in [-0.2, 0) is 0 Å². The van der Waals surface area contributed by atoms with Crippen molar-refractivity contribution in [2.75, 3.05) is 26.2 Å². The quantitative estimate of drug-likeness (QED) is 0.647.